The van der Waals surface area contributed by atoms with Crippen molar-refractivity contribution in [1.29, 1.82) is 0 Å². The van der Waals surface area contributed by atoms with Crippen LogP contribution in [0.3, 0.4) is 0 Å². The first-order valence-corrected chi connectivity index (χ1v) is 4.66. The van der Waals surface area contributed by atoms with Crippen LogP contribution in [-0.4, -0.2) is 11.5 Å². The molecule has 0 radical (unpaired) electrons. The van der Waals surface area contributed by atoms with E-state index in [1.165, 1.54) is 6.07 Å². The molecule has 1 heterocycles. The van der Waals surface area contributed by atoms with Crippen molar-refractivity contribution in [2.24, 2.45) is 5.73 Å². The topological polar surface area (TPSA) is 38.9 Å². The lowest BCUT2D eigenvalue weighted by Crippen LogP contribution is -2.11. The molecule has 6 heteroatoms. The number of hydrogen-bond donors (Lipinski definition) is 1. The summed E-state index contributed by atoms with van der Waals surface area (Å²) in [7, 11) is 0. The van der Waals surface area contributed by atoms with Crippen LogP contribution in [0.15, 0.2) is 16.6 Å². The van der Waals surface area contributed by atoms with Gasteiger partial charge in [-0.15, -0.1) is 0 Å². The Morgan fingerprint density at radius 2 is 2.00 bits per heavy atom. The zero-order valence-electron chi connectivity index (χ0n) is 7.11. The molecule has 0 spiro atoms. The number of hydrogen-bond acceptors (Lipinski definition) is 2. The minimum Gasteiger partial charge on any atom is -0.330 e. The monoisotopic (exact) mass is 268 g/mol. The first-order chi connectivity index (χ1) is 6.43. The molecule has 2 N–H and O–H groups in total. The Labute approximate surface area is 87.4 Å². The van der Waals surface area contributed by atoms with Crippen LogP contribution in [-0.2, 0) is 12.6 Å². The van der Waals surface area contributed by atoms with Crippen molar-refractivity contribution < 1.29 is 13.2 Å². The van der Waals surface area contributed by atoms with Crippen molar-refractivity contribution in [3.05, 3.63) is 28.0 Å². The van der Waals surface area contributed by atoms with Gasteiger partial charge < -0.3 is 5.73 Å². The lowest BCUT2D eigenvalue weighted by Gasteiger charge is -2.08. The largest absolute Gasteiger partial charge is 0.433 e. The van der Waals surface area contributed by atoms with E-state index in [0.717, 1.165) is 6.07 Å². The standard InChI is InChI=1S/C8H8BrF3N2/c9-5-3-6(1-2-13)14-7(4-5)8(10,11)12/h3-4H,1-2,13H2. The summed E-state index contributed by atoms with van der Waals surface area (Å²) >= 11 is 2.99. The van der Waals surface area contributed by atoms with Crippen molar-refractivity contribution in [3.63, 3.8) is 0 Å². The van der Waals surface area contributed by atoms with Crippen LogP contribution in [0.2, 0.25) is 0 Å². The van der Waals surface area contributed by atoms with E-state index in [4.69, 9.17) is 5.73 Å². The molecule has 0 aliphatic rings. The molecule has 1 aromatic rings. The van der Waals surface area contributed by atoms with Gasteiger partial charge in [0.05, 0.1) is 0 Å². The van der Waals surface area contributed by atoms with E-state index in [1.807, 2.05) is 0 Å². The SMILES string of the molecule is NCCc1cc(Br)cc(C(F)(F)F)n1. The summed E-state index contributed by atoms with van der Waals surface area (Å²) in [5.74, 6) is 0. The summed E-state index contributed by atoms with van der Waals surface area (Å²) in [6, 6.07) is 2.47. The molecule has 1 rings (SSSR count). The van der Waals surface area contributed by atoms with Crippen molar-refractivity contribution in [2.75, 3.05) is 6.54 Å². The maximum Gasteiger partial charge on any atom is 0.433 e. The third kappa shape index (κ3) is 2.95. The van der Waals surface area contributed by atoms with Gasteiger partial charge in [-0.25, -0.2) is 4.98 Å². The Morgan fingerprint density at radius 3 is 2.50 bits per heavy atom. The number of nitrogens with zero attached hydrogens (tertiary/aromatic N) is 1. The Balaban J connectivity index is 3.07. The molecule has 14 heavy (non-hydrogen) atoms. The molecular weight excluding hydrogens is 261 g/mol. The zero-order valence-corrected chi connectivity index (χ0v) is 8.69. The van der Waals surface area contributed by atoms with Gasteiger partial charge in [-0.1, -0.05) is 15.9 Å². The van der Waals surface area contributed by atoms with E-state index < -0.39 is 11.9 Å². The summed E-state index contributed by atoms with van der Waals surface area (Å²) in [5, 5.41) is 0. The average molecular weight is 269 g/mol. The second kappa shape index (κ2) is 4.27. The van der Waals surface area contributed by atoms with Gasteiger partial charge in [-0.05, 0) is 18.7 Å². The molecule has 0 saturated carbocycles. The average Bonchev–Trinajstić information content (AvgIpc) is 2.02. The molecule has 0 atom stereocenters. The van der Waals surface area contributed by atoms with Gasteiger partial charge in [0.1, 0.15) is 5.69 Å². The number of halogens is 4. The molecule has 0 aromatic carbocycles. The van der Waals surface area contributed by atoms with E-state index in [2.05, 4.69) is 20.9 Å². The van der Waals surface area contributed by atoms with Gasteiger partial charge in [0, 0.05) is 16.6 Å². The highest BCUT2D eigenvalue weighted by Gasteiger charge is 2.32. The summed E-state index contributed by atoms with van der Waals surface area (Å²) in [6.45, 7) is 0.279. The fourth-order valence-corrected chi connectivity index (χ4v) is 1.45. The van der Waals surface area contributed by atoms with Crippen molar-refractivity contribution in [2.45, 2.75) is 12.6 Å². The van der Waals surface area contributed by atoms with E-state index in [0.29, 0.717) is 16.6 Å². The quantitative estimate of drug-likeness (QED) is 0.895. The van der Waals surface area contributed by atoms with Crippen LogP contribution < -0.4 is 5.73 Å². The third-order valence-electron chi connectivity index (χ3n) is 1.53. The first kappa shape index (κ1) is 11.5. The van der Waals surface area contributed by atoms with Gasteiger partial charge >= 0.3 is 6.18 Å². The van der Waals surface area contributed by atoms with E-state index in [1.54, 1.807) is 0 Å². The van der Waals surface area contributed by atoms with Gasteiger partial charge in [0.2, 0.25) is 0 Å². The molecule has 0 aliphatic heterocycles. The van der Waals surface area contributed by atoms with Gasteiger partial charge in [-0.2, -0.15) is 13.2 Å². The molecular formula is C8H8BrF3N2. The highest BCUT2D eigenvalue weighted by atomic mass is 79.9. The second-order valence-electron chi connectivity index (χ2n) is 2.70. The normalized spacial score (nSPS) is 11.8. The first-order valence-electron chi connectivity index (χ1n) is 3.87. The summed E-state index contributed by atoms with van der Waals surface area (Å²) in [4.78, 5) is 3.46. The molecule has 0 bridgehead atoms. The van der Waals surface area contributed by atoms with Gasteiger partial charge in [-0.3, -0.25) is 0 Å². The third-order valence-corrected chi connectivity index (χ3v) is 1.99. The van der Waals surface area contributed by atoms with E-state index >= 15 is 0 Å². The fraction of sp³-hybridized carbons (Fsp3) is 0.375. The smallest absolute Gasteiger partial charge is 0.330 e. The number of pyridine rings is 1. The fourth-order valence-electron chi connectivity index (χ4n) is 0.972. The Kier molecular flexibility index (Phi) is 3.49. The second-order valence-corrected chi connectivity index (χ2v) is 3.61. The molecule has 0 fully saturated rings. The Hall–Kier alpha value is -0.620. The molecule has 2 nitrogen and oxygen atoms in total. The van der Waals surface area contributed by atoms with Crippen molar-refractivity contribution in [3.8, 4) is 0 Å². The van der Waals surface area contributed by atoms with Crippen LogP contribution in [0.1, 0.15) is 11.4 Å². The lowest BCUT2D eigenvalue weighted by molar-refractivity contribution is -0.141. The summed E-state index contributed by atoms with van der Waals surface area (Å²) in [5.41, 5.74) is 4.68. The van der Waals surface area contributed by atoms with Crippen LogP contribution >= 0.6 is 15.9 Å². The molecule has 78 valence electrons. The molecule has 0 aliphatic carbocycles. The van der Waals surface area contributed by atoms with Crippen LogP contribution in [0, 0.1) is 0 Å². The highest BCUT2D eigenvalue weighted by molar-refractivity contribution is 9.10. The zero-order chi connectivity index (χ0) is 10.8. The predicted octanol–water partition coefficient (Wildman–Crippen LogP) is 2.36. The Morgan fingerprint density at radius 1 is 1.36 bits per heavy atom. The van der Waals surface area contributed by atoms with Gasteiger partial charge in [0.15, 0.2) is 0 Å². The Bertz CT molecular complexity index is 325. The molecule has 0 saturated heterocycles. The number of alkyl halides is 3. The summed E-state index contributed by atoms with van der Waals surface area (Å²) in [6.07, 6.45) is -4.07. The van der Waals surface area contributed by atoms with E-state index in [-0.39, 0.29) is 6.54 Å². The minimum atomic E-state index is -4.41. The van der Waals surface area contributed by atoms with Gasteiger partial charge in [0.25, 0.3) is 0 Å². The van der Waals surface area contributed by atoms with E-state index in [9.17, 15) is 13.2 Å². The molecule has 1 aromatic heterocycles. The maximum atomic E-state index is 12.3. The van der Waals surface area contributed by atoms with Crippen LogP contribution in [0.25, 0.3) is 0 Å². The van der Waals surface area contributed by atoms with Crippen LogP contribution in [0.5, 0.6) is 0 Å². The molecule has 0 amide bonds. The predicted molar refractivity (Wildman–Crippen MR) is 49.7 cm³/mol. The number of nitrogens with two attached hydrogens (primary N) is 1. The van der Waals surface area contributed by atoms with Crippen molar-refractivity contribution in [1.82, 2.24) is 4.98 Å². The number of rotatable bonds is 2. The number of aromatic nitrogens is 1. The maximum absolute atomic E-state index is 12.3. The molecule has 0 unspecified atom stereocenters. The van der Waals surface area contributed by atoms with Crippen LogP contribution in [0.4, 0.5) is 13.2 Å². The van der Waals surface area contributed by atoms with Crippen molar-refractivity contribution >= 4 is 15.9 Å². The summed E-state index contributed by atoms with van der Waals surface area (Å²) < 4.78 is 37.2. The highest BCUT2D eigenvalue weighted by Crippen LogP contribution is 2.29. The lowest BCUT2D eigenvalue weighted by atomic mass is 10.2. The minimum absolute atomic E-state index is 0.279.